The average Bonchev–Trinajstić information content (AvgIpc) is 3.14. The fraction of sp³-hybridized carbons (Fsp3) is 0.0769. The summed E-state index contributed by atoms with van der Waals surface area (Å²) >= 11 is 0. The van der Waals surface area contributed by atoms with Crippen LogP contribution in [0, 0.1) is 11.3 Å². The highest BCUT2D eigenvalue weighted by molar-refractivity contribution is 5.58. The van der Waals surface area contributed by atoms with Crippen LogP contribution >= 0.6 is 0 Å². The molecule has 1 N–H and O–H groups in total. The molecule has 0 saturated carbocycles. The molecule has 20 heavy (non-hydrogen) atoms. The Morgan fingerprint density at radius 2 is 2.15 bits per heavy atom. The number of benzene rings is 1. The van der Waals surface area contributed by atoms with Crippen molar-refractivity contribution in [1.29, 1.82) is 5.26 Å². The molecule has 3 aromatic rings. The molecule has 0 aliphatic heterocycles. The molecule has 0 bridgehead atoms. The van der Waals surface area contributed by atoms with E-state index in [1.54, 1.807) is 0 Å². The third-order valence-electron chi connectivity index (χ3n) is 2.56. The minimum atomic E-state index is 0.188. The summed E-state index contributed by atoms with van der Waals surface area (Å²) in [5, 5.41) is 19.0. The van der Waals surface area contributed by atoms with E-state index >= 15 is 0 Å². The van der Waals surface area contributed by atoms with E-state index in [9.17, 15) is 0 Å². The number of aromatic amines is 1. The summed E-state index contributed by atoms with van der Waals surface area (Å²) in [6, 6.07) is 11.3. The molecule has 0 atom stereocenters. The maximum Gasteiger partial charge on any atom is 0.262 e. The Morgan fingerprint density at radius 1 is 1.30 bits per heavy atom. The maximum absolute atomic E-state index is 8.89. The molecule has 7 heteroatoms. The number of para-hydroxylation sites is 1. The van der Waals surface area contributed by atoms with Gasteiger partial charge in [-0.05, 0) is 12.1 Å². The van der Waals surface area contributed by atoms with Gasteiger partial charge in [-0.25, -0.2) is 0 Å². The number of nitrogens with zero attached hydrogens (tertiary/aromatic N) is 4. The number of rotatable bonds is 4. The maximum atomic E-state index is 8.89. The van der Waals surface area contributed by atoms with E-state index in [0.29, 0.717) is 11.4 Å². The van der Waals surface area contributed by atoms with Crippen molar-refractivity contribution in [3.63, 3.8) is 0 Å². The number of H-pyrrole nitrogens is 1. The Morgan fingerprint density at radius 3 is 2.95 bits per heavy atom. The standard InChI is InChI=1S/C13H9N5O2/c14-6-11-10(7-15-17-11)13-16-12(18-20-13)8-19-9-4-2-1-3-5-9/h1-5,7H,8H2,(H,15,17). The number of ether oxygens (including phenoxy) is 1. The minimum absolute atomic E-state index is 0.188. The first-order valence-corrected chi connectivity index (χ1v) is 5.81. The largest absolute Gasteiger partial charge is 0.485 e. The minimum Gasteiger partial charge on any atom is -0.485 e. The van der Waals surface area contributed by atoms with Gasteiger partial charge in [-0.3, -0.25) is 5.10 Å². The van der Waals surface area contributed by atoms with Crippen LogP contribution in [-0.4, -0.2) is 20.3 Å². The fourth-order valence-corrected chi connectivity index (χ4v) is 1.62. The fourth-order valence-electron chi connectivity index (χ4n) is 1.62. The van der Waals surface area contributed by atoms with Gasteiger partial charge in [0.1, 0.15) is 17.5 Å². The third kappa shape index (κ3) is 2.35. The van der Waals surface area contributed by atoms with Crippen molar-refractivity contribution in [3.8, 4) is 23.3 Å². The number of nitriles is 1. The normalized spacial score (nSPS) is 10.2. The Bertz CT molecular complexity index is 741. The molecule has 0 aliphatic rings. The molecule has 0 saturated heterocycles. The molecule has 0 spiro atoms. The van der Waals surface area contributed by atoms with Crippen LogP contribution in [0.4, 0.5) is 0 Å². The number of hydrogen-bond donors (Lipinski definition) is 1. The van der Waals surface area contributed by atoms with Crippen LogP contribution in [0.1, 0.15) is 11.5 Å². The molecule has 0 unspecified atom stereocenters. The molecular weight excluding hydrogens is 258 g/mol. The molecule has 0 amide bonds. The first kappa shape index (κ1) is 11.9. The lowest BCUT2D eigenvalue weighted by Gasteiger charge is -2.01. The van der Waals surface area contributed by atoms with E-state index in [1.165, 1.54) is 6.20 Å². The predicted molar refractivity (Wildman–Crippen MR) is 67.4 cm³/mol. The van der Waals surface area contributed by atoms with Gasteiger partial charge in [0.05, 0.1) is 11.8 Å². The smallest absolute Gasteiger partial charge is 0.262 e. The van der Waals surface area contributed by atoms with Crippen molar-refractivity contribution in [2.45, 2.75) is 6.61 Å². The highest BCUT2D eigenvalue weighted by atomic mass is 16.5. The summed E-state index contributed by atoms with van der Waals surface area (Å²) in [4.78, 5) is 4.16. The van der Waals surface area contributed by atoms with Crippen LogP contribution < -0.4 is 4.74 Å². The summed E-state index contributed by atoms with van der Waals surface area (Å²) in [5.74, 6) is 1.36. The van der Waals surface area contributed by atoms with E-state index in [-0.39, 0.29) is 18.2 Å². The molecule has 0 radical (unpaired) electrons. The Kier molecular flexibility index (Phi) is 3.12. The van der Waals surface area contributed by atoms with E-state index in [4.69, 9.17) is 14.5 Å². The zero-order chi connectivity index (χ0) is 13.8. The molecule has 2 heterocycles. The van der Waals surface area contributed by atoms with Crippen LogP contribution in [0.3, 0.4) is 0 Å². The van der Waals surface area contributed by atoms with E-state index in [1.807, 2.05) is 36.4 Å². The van der Waals surface area contributed by atoms with Crippen LogP contribution in [0.25, 0.3) is 11.5 Å². The number of nitrogens with one attached hydrogen (secondary N) is 1. The lowest BCUT2D eigenvalue weighted by molar-refractivity contribution is 0.287. The van der Waals surface area contributed by atoms with E-state index in [0.717, 1.165) is 5.75 Å². The van der Waals surface area contributed by atoms with Crippen molar-refractivity contribution in [2.24, 2.45) is 0 Å². The molecular formula is C13H9N5O2. The molecule has 2 aromatic heterocycles. The lowest BCUT2D eigenvalue weighted by atomic mass is 10.2. The van der Waals surface area contributed by atoms with Crippen molar-refractivity contribution < 1.29 is 9.26 Å². The van der Waals surface area contributed by atoms with Crippen molar-refractivity contribution >= 4 is 0 Å². The molecule has 3 rings (SSSR count). The highest BCUT2D eigenvalue weighted by Crippen LogP contribution is 2.19. The topological polar surface area (TPSA) is 101 Å². The van der Waals surface area contributed by atoms with Crippen molar-refractivity contribution in [3.05, 3.63) is 48.0 Å². The second-order valence-corrected chi connectivity index (χ2v) is 3.89. The quantitative estimate of drug-likeness (QED) is 0.774. The van der Waals surface area contributed by atoms with Gasteiger partial charge in [-0.2, -0.15) is 15.3 Å². The van der Waals surface area contributed by atoms with Crippen LogP contribution in [-0.2, 0) is 6.61 Å². The molecule has 98 valence electrons. The monoisotopic (exact) mass is 267 g/mol. The molecule has 0 fully saturated rings. The summed E-state index contributed by atoms with van der Waals surface area (Å²) in [6.45, 7) is 0.188. The van der Waals surface area contributed by atoms with Crippen LogP contribution in [0.2, 0.25) is 0 Å². The molecule has 1 aromatic carbocycles. The first-order valence-electron chi connectivity index (χ1n) is 5.81. The second kappa shape index (κ2) is 5.24. The second-order valence-electron chi connectivity index (χ2n) is 3.89. The SMILES string of the molecule is N#Cc1[nH]ncc1-c1nc(COc2ccccc2)no1. The molecule has 7 nitrogen and oxygen atoms in total. The Labute approximate surface area is 113 Å². The van der Waals surface area contributed by atoms with Gasteiger partial charge in [0, 0.05) is 0 Å². The first-order chi connectivity index (χ1) is 9.86. The third-order valence-corrected chi connectivity index (χ3v) is 2.56. The summed E-state index contributed by atoms with van der Waals surface area (Å²) in [5.41, 5.74) is 0.759. The van der Waals surface area contributed by atoms with Crippen molar-refractivity contribution in [2.75, 3.05) is 0 Å². The van der Waals surface area contributed by atoms with Gasteiger partial charge in [0.25, 0.3) is 5.89 Å². The number of aromatic nitrogens is 4. The van der Waals surface area contributed by atoms with Gasteiger partial charge >= 0.3 is 0 Å². The van der Waals surface area contributed by atoms with Gasteiger partial charge in [0.2, 0.25) is 5.82 Å². The molecule has 0 aliphatic carbocycles. The predicted octanol–water partition coefficient (Wildman–Crippen LogP) is 1.91. The average molecular weight is 267 g/mol. The number of hydrogen-bond acceptors (Lipinski definition) is 6. The Balaban J connectivity index is 1.73. The van der Waals surface area contributed by atoms with Crippen molar-refractivity contribution in [1.82, 2.24) is 20.3 Å². The summed E-state index contributed by atoms with van der Waals surface area (Å²) < 4.78 is 10.6. The van der Waals surface area contributed by atoms with E-state index < -0.39 is 0 Å². The van der Waals surface area contributed by atoms with Gasteiger partial charge < -0.3 is 9.26 Å². The highest BCUT2D eigenvalue weighted by Gasteiger charge is 2.15. The Hall–Kier alpha value is -3.14. The summed E-state index contributed by atoms with van der Waals surface area (Å²) in [7, 11) is 0. The van der Waals surface area contributed by atoms with Gasteiger partial charge in [0.15, 0.2) is 6.61 Å². The summed E-state index contributed by atoms with van der Waals surface area (Å²) in [6.07, 6.45) is 1.47. The lowest BCUT2D eigenvalue weighted by Crippen LogP contribution is -1.97. The van der Waals surface area contributed by atoms with Crippen LogP contribution in [0.5, 0.6) is 5.75 Å². The van der Waals surface area contributed by atoms with E-state index in [2.05, 4.69) is 20.3 Å². The zero-order valence-corrected chi connectivity index (χ0v) is 10.3. The van der Waals surface area contributed by atoms with Gasteiger partial charge in [-0.15, -0.1) is 0 Å². The van der Waals surface area contributed by atoms with Gasteiger partial charge in [-0.1, -0.05) is 23.4 Å². The van der Waals surface area contributed by atoms with Crippen LogP contribution in [0.15, 0.2) is 41.1 Å². The zero-order valence-electron chi connectivity index (χ0n) is 10.3.